The third kappa shape index (κ3) is 3.68. The summed E-state index contributed by atoms with van der Waals surface area (Å²) in [6, 6.07) is 7.61. The van der Waals surface area contributed by atoms with Crippen LogP contribution in [0.15, 0.2) is 29.2 Å². The lowest BCUT2D eigenvalue weighted by molar-refractivity contribution is 0.411. The van der Waals surface area contributed by atoms with E-state index in [1.54, 1.807) is 24.3 Å². The van der Waals surface area contributed by atoms with E-state index in [9.17, 15) is 8.42 Å². The van der Waals surface area contributed by atoms with E-state index in [1.807, 2.05) is 0 Å². The van der Waals surface area contributed by atoms with Gasteiger partial charge in [0.1, 0.15) is 0 Å². The van der Waals surface area contributed by atoms with Crippen molar-refractivity contribution in [2.75, 3.05) is 12.4 Å². The van der Waals surface area contributed by atoms with Gasteiger partial charge in [-0.1, -0.05) is 0 Å². The molecule has 0 radical (unpaired) electrons. The molecular weight excluding hydrogens is 262 g/mol. The van der Waals surface area contributed by atoms with Crippen molar-refractivity contribution in [1.82, 2.24) is 4.72 Å². The van der Waals surface area contributed by atoms with Gasteiger partial charge in [0.25, 0.3) is 0 Å². The highest BCUT2D eigenvalue weighted by molar-refractivity contribution is 7.89. The fraction of sp³-hybridized carbons (Fsp3) is 0.538. The lowest BCUT2D eigenvalue weighted by atomic mass is 9.92. The Morgan fingerprint density at radius 3 is 2.21 bits per heavy atom. The van der Waals surface area contributed by atoms with E-state index in [-0.39, 0.29) is 4.90 Å². The van der Waals surface area contributed by atoms with E-state index in [0.29, 0.717) is 12.1 Å². The van der Waals surface area contributed by atoms with Crippen molar-refractivity contribution in [2.45, 2.75) is 42.7 Å². The maximum atomic E-state index is 11.6. The molecule has 0 unspecified atom stereocenters. The second-order valence-corrected chi connectivity index (χ2v) is 6.87. The van der Waals surface area contributed by atoms with Crippen LogP contribution in [0.1, 0.15) is 25.7 Å². The number of benzene rings is 1. The SMILES string of the molecule is CNS(=O)(=O)c1ccc(NC2CCC(N)CC2)cc1. The molecule has 19 heavy (non-hydrogen) atoms. The molecule has 1 aromatic rings. The summed E-state index contributed by atoms with van der Waals surface area (Å²) < 4.78 is 25.5. The van der Waals surface area contributed by atoms with Crippen molar-refractivity contribution in [3.63, 3.8) is 0 Å². The van der Waals surface area contributed by atoms with Crippen LogP contribution in [0.3, 0.4) is 0 Å². The largest absolute Gasteiger partial charge is 0.382 e. The molecule has 0 bridgehead atoms. The summed E-state index contributed by atoms with van der Waals surface area (Å²) in [6.07, 6.45) is 4.23. The van der Waals surface area contributed by atoms with E-state index in [4.69, 9.17) is 5.73 Å². The molecule has 6 heteroatoms. The quantitative estimate of drug-likeness (QED) is 0.777. The van der Waals surface area contributed by atoms with Crippen LogP contribution in [0, 0.1) is 0 Å². The van der Waals surface area contributed by atoms with Gasteiger partial charge in [-0.05, 0) is 57.0 Å². The molecule has 1 aliphatic carbocycles. The van der Waals surface area contributed by atoms with Gasteiger partial charge in [0.05, 0.1) is 4.90 Å². The average Bonchev–Trinajstić information content (AvgIpc) is 2.42. The molecular formula is C13H21N3O2S. The molecule has 4 N–H and O–H groups in total. The van der Waals surface area contributed by atoms with Gasteiger partial charge in [0.15, 0.2) is 0 Å². The zero-order valence-electron chi connectivity index (χ0n) is 11.1. The summed E-state index contributed by atoms with van der Waals surface area (Å²) >= 11 is 0. The normalized spacial score (nSPS) is 24.1. The first-order valence-corrected chi connectivity index (χ1v) is 8.05. The van der Waals surface area contributed by atoms with E-state index in [0.717, 1.165) is 31.4 Å². The summed E-state index contributed by atoms with van der Waals surface area (Å²) in [4.78, 5) is 0.284. The molecule has 1 fully saturated rings. The lowest BCUT2D eigenvalue weighted by Gasteiger charge is -2.27. The van der Waals surface area contributed by atoms with Crippen LogP contribution >= 0.6 is 0 Å². The highest BCUT2D eigenvalue weighted by Crippen LogP contribution is 2.22. The summed E-state index contributed by atoms with van der Waals surface area (Å²) in [5, 5.41) is 3.43. The molecule has 1 aliphatic rings. The second-order valence-electron chi connectivity index (χ2n) is 4.99. The number of sulfonamides is 1. The van der Waals surface area contributed by atoms with Crippen LogP contribution in [0.4, 0.5) is 5.69 Å². The Kier molecular flexibility index (Phi) is 4.44. The maximum Gasteiger partial charge on any atom is 0.240 e. The summed E-state index contributed by atoms with van der Waals surface area (Å²) in [6.45, 7) is 0. The Balaban J connectivity index is 1.99. The maximum absolute atomic E-state index is 11.6. The Hall–Kier alpha value is -1.11. The van der Waals surface area contributed by atoms with Crippen LogP contribution in [0.2, 0.25) is 0 Å². The molecule has 0 saturated heterocycles. The Labute approximate surface area is 114 Å². The molecule has 0 aliphatic heterocycles. The number of anilines is 1. The topological polar surface area (TPSA) is 84.2 Å². The first-order valence-electron chi connectivity index (χ1n) is 6.57. The number of rotatable bonds is 4. The van der Waals surface area contributed by atoms with Gasteiger partial charge in [0.2, 0.25) is 10.0 Å². The summed E-state index contributed by atoms with van der Waals surface area (Å²) in [5.41, 5.74) is 6.83. The fourth-order valence-corrected chi connectivity index (χ4v) is 3.08. The minimum atomic E-state index is -3.35. The molecule has 0 spiro atoms. The summed E-state index contributed by atoms with van der Waals surface area (Å²) in [5.74, 6) is 0. The molecule has 0 heterocycles. The van der Waals surface area contributed by atoms with E-state index in [2.05, 4.69) is 10.0 Å². The van der Waals surface area contributed by atoms with Gasteiger partial charge < -0.3 is 11.1 Å². The molecule has 0 aromatic heterocycles. The first-order chi connectivity index (χ1) is 9.01. The van der Waals surface area contributed by atoms with Crippen molar-refractivity contribution in [3.05, 3.63) is 24.3 Å². The molecule has 0 atom stereocenters. The highest BCUT2D eigenvalue weighted by atomic mass is 32.2. The van der Waals surface area contributed by atoms with Gasteiger partial charge in [-0.3, -0.25) is 0 Å². The van der Waals surface area contributed by atoms with Crippen LogP contribution in [-0.2, 0) is 10.0 Å². The minimum absolute atomic E-state index is 0.284. The van der Waals surface area contributed by atoms with Crippen molar-refractivity contribution in [3.8, 4) is 0 Å². The number of nitrogens with two attached hydrogens (primary N) is 1. The van der Waals surface area contributed by atoms with Gasteiger partial charge in [-0.25, -0.2) is 13.1 Å². The standard InChI is InChI=1S/C13H21N3O2S/c1-15-19(17,18)13-8-6-12(7-9-13)16-11-4-2-10(14)3-5-11/h6-11,15-16H,2-5,14H2,1H3. The zero-order valence-corrected chi connectivity index (χ0v) is 11.9. The predicted molar refractivity (Wildman–Crippen MR) is 76.5 cm³/mol. The van der Waals surface area contributed by atoms with Crippen molar-refractivity contribution in [2.24, 2.45) is 5.73 Å². The smallest absolute Gasteiger partial charge is 0.240 e. The van der Waals surface area contributed by atoms with Crippen LogP contribution in [0.25, 0.3) is 0 Å². The number of hydrogen-bond donors (Lipinski definition) is 3. The Morgan fingerprint density at radius 1 is 1.11 bits per heavy atom. The number of nitrogens with one attached hydrogen (secondary N) is 2. The molecule has 1 saturated carbocycles. The van der Waals surface area contributed by atoms with Crippen molar-refractivity contribution < 1.29 is 8.42 Å². The number of hydrogen-bond acceptors (Lipinski definition) is 4. The predicted octanol–water partition coefficient (Wildman–Crippen LogP) is 1.28. The van der Waals surface area contributed by atoms with Crippen LogP contribution in [0.5, 0.6) is 0 Å². The van der Waals surface area contributed by atoms with Gasteiger partial charge in [0, 0.05) is 17.8 Å². The third-order valence-electron chi connectivity index (χ3n) is 3.58. The highest BCUT2D eigenvalue weighted by Gasteiger charge is 2.18. The van der Waals surface area contributed by atoms with E-state index >= 15 is 0 Å². The van der Waals surface area contributed by atoms with Gasteiger partial charge in [-0.2, -0.15) is 0 Å². The van der Waals surface area contributed by atoms with Crippen molar-refractivity contribution in [1.29, 1.82) is 0 Å². The summed E-state index contributed by atoms with van der Waals surface area (Å²) in [7, 11) is -1.94. The van der Waals surface area contributed by atoms with Crippen molar-refractivity contribution >= 4 is 15.7 Å². The van der Waals surface area contributed by atoms with Gasteiger partial charge >= 0.3 is 0 Å². The molecule has 106 valence electrons. The van der Waals surface area contributed by atoms with E-state index in [1.165, 1.54) is 7.05 Å². The lowest BCUT2D eigenvalue weighted by Crippen LogP contribution is -2.32. The zero-order chi connectivity index (χ0) is 13.9. The van der Waals surface area contributed by atoms with Crippen LogP contribution < -0.4 is 15.8 Å². The Morgan fingerprint density at radius 2 is 1.68 bits per heavy atom. The Bertz CT molecular complexity index is 505. The second kappa shape index (κ2) is 5.90. The minimum Gasteiger partial charge on any atom is -0.382 e. The molecule has 2 rings (SSSR count). The first kappa shape index (κ1) is 14.3. The monoisotopic (exact) mass is 283 g/mol. The fourth-order valence-electron chi connectivity index (χ4n) is 2.35. The van der Waals surface area contributed by atoms with Gasteiger partial charge in [-0.15, -0.1) is 0 Å². The average molecular weight is 283 g/mol. The molecule has 1 aromatic carbocycles. The van der Waals surface area contributed by atoms with Crippen LogP contribution in [-0.4, -0.2) is 27.5 Å². The molecule has 0 amide bonds. The third-order valence-corrected chi connectivity index (χ3v) is 5.01. The molecule has 5 nitrogen and oxygen atoms in total. The van der Waals surface area contributed by atoms with E-state index < -0.39 is 10.0 Å².